The van der Waals surface area contributed by atoms with Crippen molar-refractivity contribution in [1.82, 2.24) is 15.5 Å². The normalized spacial score (nSPS) is 15.5. The molecule has 0 atom stereocenters. The van der Waals surface area contributed by atoms with Crippen molar-refractivity contribution in [2.75, 3.05) is 33.3 Å². The number of likely N-dealkylation sites (tertiary alicyclic amines) is 1. The summed E-state index contributed by atoms with van der Waals surface area (Å²) in [5.74, 6) is 0.815. The molecule has 2 aromatic rings. The summed E-state index contributed by atoms with van der Waals surface area (Å²) in [4.78, 5) is 17.9. The van der Waals surface area contributed by atoms with E-state index < -0.39 is 0 Å². The Kier molecular flexibility index (Phi) is 7.12. The smallest absolute Gasteiger partial charge is 0.409 e. The van der Waals surface area contributed by atoms with Gasteiger partial charge in [0.1, 0.15) is 0 Å². The van der Waals surface area contributed by atoms with E-state index in [1.807, 2.05) is 6.92 Å². The number of amides is 1. The predicted molar refractivity (Wildman–Crippen MR) is 114 cm³/mol. The van der Waals surface area contributed by atoms with E-state index in [1.165, 1.54) is 16.3 Å². The van der Waals surface area contributed by atoms with Gasteiger partial charge >= 0.3 is 6.09 Å². The maximum absolute atomic E-state index is 11.8. The average molecular weight is 383 g/mol. The number of carbonyl (C=O) groups is 1. The molecule has 150 valence electrons. The minimum atomic E-state index is -0.209. The van der Waals surface area contributed by atoms with Crippen molar-refractivity contribution >= 4 is 22.8 Å². The lowest BCUT2D eigenvalue weighted by molar-refractivity contribution is 0.0963. The van der Waals surface area contributed by atoms with Crippen molar-refractivity contribution in [3.8, 4) is 0 Å². The van der Waals surface area contributed by atoms with E-state index in [0.717, 1.165) is 31.8 Å². The number of piperidine rings is 1. The summed E-state index contributed by atoms with van der Waals surface area (Å²) in [5, 5.41) is 9.42. The number of fused-ring (bicyclic) bond motifs is 1. The molecule has 1 heterocycles. The quantitative estimate of drug-likeness (QED) is 0.616. The summed E-state index contributed by atoms with van der Waals surface area (Å²) >= 11 is 0. The number of guanidine groups is 1. The third kappa shape index (κ3) is 5.38. The zero-order chi connectivity index (χ0) is 19.8. The Bertz CT molecular complexity index is 813. The molecular weight excluding hydrogens is 352 g/mol. The van der Waals surface area contributed by atoms with Crippen LogP contribution in [0.25, 0.3) is 10.8 Å². The Morgan fingerprint density at radius 1 is 1.18 bits per heavy atom. The van der Waals surface area contributed by atoms with Gasteiger partial charge in [0.15, 0.2) is 5.96 Å². The van der Waals surface area contributed by atoms with Crippen molar-refractivity contribution in [2.45, 2.75) is 32.2 Å². The van der Waals surface area contributed by atoms with Crippen molar-refractivity contribution in [3.05, 3.63) is 48.0 Å². The van der Waals surface area contributed by atoms with Gasteiger partial charge in [0.2, 0.25) is 0 Å². The van der Waals surface area contributed by atoms with Crippen LogP contribution in [0.5, 0.6) is 0 Å². The molecule has 0 spiro atoms. The second kappa shape index (κ2) is 9.97. The number of benzene rings is 2. The van der Waals surface area contributed by atoms with Gasteiger partial charge in [-0.3, -0.25) is 4.99 Å². The topological polar surface area (TPSA) is 66.0 Å². The number of hydrogen-bond acceptors (Lipinski definition) is 3. The molecule has 6 nitrogen and oxygen atoms in total. The molecule has 2 aromatic carbocycles. The summed E-state index contributed by atoms with van der Waals surface area (Å²) in [6, 6.07) is 15.3. The average Bonchev–Trinajstić information content (AvgIpc) is 2.73. The number of nitrogens with zero attached hydrogens (tertiary/aromatic N) is 2. The van der Waals surface area contributed by atoms with Crippen molar-refractivity contribution in [2.24, 2.45) is 4.99 Å². The third-order valence-electron chi connectivity index (χ3n) is 5.11. The third-order valence-corrected chi connectivity index (χ3v) is 5.11. The molecule has 0 radical (unpaired) electrons. The highest BCUT2D eigenvalue weighted by Gasteiger charge is 2.23. The standard InChI is InChI=1S/C22H30N4O2/c1-3-28-22(27)26-14-11-20(12-15-26)25-21(23-2)24-13-10-17-8-9-18-6-4-5-7-19(18)16-17/h4-9,16,20H,3,10-15H2,1-2H3,(H2,23,24,25). The predicted octanol–water partition coefficient (Wildman–Crippen LogP) is 3.17. The Balaban J connectivity index is 1.43. The van der Waals surface area contributed by atoms with Crippen molar-refractivity contribution < 1.29 is 9.53 Å². The molecule has 3 rings (SSSR count). The Morgan fingerprint density at radius 2 is 1.93 bits per heavy atom. The molecule has 1 amide bonds. The van der Waals surface area contributed by atoms with Crippen LogP contribution in [0.2, 0.25) is 0 Å². The number of carbonyl (C=O) groups excluding carboxylic acids is 1. The maximum atomic E-state index is 11.8. The highest BCUT2D eigenvalue weighted by Crippen LogP contribution is 2.16. The summed E-state index contributed by atoms with van der Waals surface area (Å²) in [6.45, 7) is 4.50. The molecule has 1 aliphatic heterocycles. The van der Waals surface area contributed by atoms with Gasteiger partial charge in [-0.05, 0) is 42.5 Å². The molecule has 0 aliphatic carbocycles. The summed E-state index contributed by atoms with van der Waals surface area (Å²) in [7, 11) is 1.79. The highest BCUT2D eigenvalue weighted by atomic mass is 16.6. The molecule has 28 heavy (non-hydrogen) atoms. The molecule has 0 bridgehead atoms. The molecule has 0 aromatic heterocycles. The van der Waals surface area contributed by atoms with E-state index >= 15 is 0 Å². The molecule has 1 aliphatic rings. The van der Waals surface area contributed by atoms with Gasteiger partial charge in [0, 0.05) is 32.7 Å². The molecule has 1 fully saturated rings. The van der Waals surface area contributed by atoms with E-state index in [1.54, 1.807) is 11.9 Å². The fourth-order valence-electron chi connectivity index (χ4n) is 3.53. The molecule has 1 saturated heterocycles. The van der Waals surface area contributed by atoms with Gasteiger partial charge in [0.05, 0.1) is 6.61 Å². The summed E-state index contributed by atoms with van der Waals surface area (Å²) < 4.78 is 5.07. The first-order valence-corrected chi connectivity index (χ1v) is 10.1. The van der Waals surface area contributed by atoms with Gasteiger partial charge in [0.25, 0.3) is 0 Å². The molecule has 0 saturated carbocycles. The first kappa shape index (κ1) is 20.0. The first-order chi connectivity index (χ1) is 13.7. The van der Waals surface area contributed by atoms with Crippen LogP contribution in [0.15, 0.2) is 47.5 Å². The Hall–Kier alpha value is -2.76. The largest absolute Gasteiger partial charge is 0.450 e. The fourth-order valence-corrected chi connectivity index (χ4v) is 3.53. The van der Waals surface area contributed by atoms with Crippen LogP contribution in [-0.4, -0.2) is 56.3 Å². The Labute approximate surface area is 167 Å². The molecular formula is C22H30N4O2. The second-order valence-electron chi connectivity index (χ2n) is 7.04. The highest BCUT2D eigenvalue weighted by molar-refractivity contribution is 5.83. The lowest BCUT2D eigenvalue weighted by Gasteiger charge is -2.32. The van der Waals surface area contributed by atoms with Gasteiger partial charge in [-0.15, -0.1) is 0 Å². The van der Waals surface area contributed by atoms with Gasteiger partial charge < -0.3 is 20.3 Å². The van der Waals surface area contributed by atoms with Crippen molar-refractivity contribution in [3.63, 3.8) is 0 Å². The number of hydrogen-bond donors (Lipinski definition) is 2. The number of nitrogens with one attached hydrogen (secondary N) is 2. The maximum Gasteiger partial charge on any atom is 0.409 e. The first-order valence-electron chi connectivity index (χ1n) is 10.1. The van der Waals surface area contributed by atoms with E-state index in [4.69, 9.17) is 4.74 Å². The number of rotatable bonds is 5. The van der Waals surface area contributed by atoms with Crippen LogP contribution >= 0.6 is 0 Å². The molecule has 6 heteroatoms. The van der Waals surface area contributed by atoms with Crippen LogP contribution in [0.3, 0.4) is 0 Å². The van der Waals surface area contributed by atoms with Crippen LogP contribution in [0.4, 0.5) is 4.79 Å². The van der Waals surface area contributed by atoms with Crippen LogP contribution in [-0.2, 0) is 11.2 Å². The van der Waals surface area contributed by atoms with Gasteiger partial charge in [-0.1, -0.05) is 42.5 Å². The second-order valence-corrected chi connectivity index (χ2v) is 7.04. The van der Waals surface area contributed by atoms with Crippen LogP contribution in [0.1, 0.15) is 25.3 Å². The zero-order valence-corrected chi connectivity index (χ0v) is 16.8. The lowest BCUT2D eigenvalue weighted by atomic mass is 10.1. The van der Waals surface area contributed by atoms with E-state index in [0.29, 0.717) is 25.7 Å². The SMILES string of the molecule is CCOC(=O)N1CCC(NC(=NC)NCCc2ccc3ccccc3c2)CC1. The van der Waals surface area contributed by atoms with Crippen molar-refractivity contribution in [1.29, 1.82) is 0 Å². The molecule has 2 N–H and O–H groups in total. The van der Waals surface area contributed by atoms with Crippen LogP contribution in [0, 0.1) is 0 Å². The minimum Gasteiger partial charge on any atom is -0.450 e. The molecule has 0 unspecified atom stereocenters. The van der Waals surface area contributed by atoms with E-state index in [9.17, 15) is 4.79 Å². The monoisotopic (exact) mass is 382 g/mol. The lowest BCUT2D eigenvalue weighted by Crippen LogP contribution is -2.50. The Morgan fingerprint density at radius 3 is 2.64 bits per heavy atom. The zero-order valence-electron chi connectivity index (χ0n) is 16.8. The van der Waals surface area contributed by atoms with E-state index in [2.05, 4.69) is 58.1 Å². The van der Waals surface area contributed by atoms with Gasteiger partial charge in [-0.2, -0.15) is 0 Å². The van der Waals surface area contributed by atoms with Crippen LogP contribution < -0.4 is 10.6 Å². The van der Waals surface area contributed by atoms with Gasteiger partial charge in [-0.25, -0.2) is 4.79 Å². The van der Waals surface area contributed by atoms with E-state index in [-0.39, 0.29) is 6.09 Å². The summed E-state index contributed by atoms with van der Waals surface area (Å²) in [5.41, 5.74) is 1.31. The number of ether oxygens (including phenoxy) is 1. The fraction of sp³-hybridized carbons (Fsp3) is 0.455. The number of aliphatic imine (C=N–C) groups is 1. The minimum absolute atomic E-state index is 0.209. The summed E-state index contributed by atoms with van der Waals surface area (Å²) in [6.07, 6.45) is 2.51.